The van der Waals surface area contributed by atoms with E-state index in [0.717, 1.165) is 11.3 Å². The summed E-state index contributed by atoms with van der Waals surface area (Å²) >= 11 is 0. The molecule has 1 rings (SSSR count). The lowest BCUT2D eigenvalue weighted by Crippen LogP contribution is -2.06. The molecule has 90 valence electrons. The van der Waals surface area contributed by atoms with Crippen LogP contribution in [0.2, 0.25) is 0 Å². The first-order chi connectivity index (χ1) is 8.02. The number of Topliss-reactive ketones (excluding diaryl/α,β-unsaturated/α-hetero) is 1. The molecule has 0 aliphatic rings. The van der Waals surface area contributed by atoms with E-state index in [1.807, 2.05) is 38.1 Å². The number of ketones is 1. The summed E-state index contributed by atoms with van der Waals surface area (Å²) in [7, 11) is 0. The highest BCUT2D eigenvalue weighted by Crippen LogP contribution is 2.22. The Morgan fingerprint density at radius 3 is 2.35 bits per heavy atom. The molecule has 0 aliphatic heterocycles. The van der Waals surface area contributed by atoms with Crippen LogP contribution in [0.4, 0.5) is 0 Å². The number of nitriles is 1. The summed E-state index contributed by atoms with van der Waals surface area (Å²) < 4.78 is 5.51. The number of rotatable bonds is 5. The molecule has 0 saturated heterocycles. The van der Waals surface area contributed by atoms with E-state index in [2.05, 4.69) is 6.07 Å². The molecule has 0 fully saturated rings. The average molecular weight is 231 g/mol. The summed E-state index contributed by atoms with van der Waals surface area (Å²) in [5.41, 5.74) is 0.860. The average Bonchev–Trinajstić information content (AvgIpc) is 2.26. The molecule has 0 radical (unpaired) electrons. The van der Waals surface area contributed by atoms with Crippen LogP contribution in [0.25, 0.3) is 0 Å². The zero-order chi connectivity index (χ0) is 12.8. The van der Waals surface area contributed by atoms with Gasteiger partial charge in [-0.3, -0.25) is 4.79 Å². The molecule has 1 atom stereocenters. The second kappa shape index (κ2) is 6.05. The van der Waals surface area contributed by atoms with Crippen LogP contribution in [0.1, 0.15) is 38.7 Å². The Labute approximate surface area is 102 Å². The number of ether oxygens (including phenoxy) is 1. The van der Waals surface area contributed by atoms with Crippen molar-refractivity contribution < 1.29 is 9.53 Å². The third-order valence-electron chi connectivity index (χ3n) is 2.30. The number of carbonyl (C=O) groups excluding carboxylic acids is 1. The Bertz CT molecular complexity index is 415. The zero-order valence-corrected chi connectivity index (χ0v) is 10.4. The molecule has 1 aromatic rings. The molecule has 0 bridgehead atoms. The van der Waals surface area contributed by atoms with Gasteiger partial charge >= 0.3 is 0 Å². The first kappa shape index (κ1) is 13.2. The molecule has 0 heterocycles. The largest absolute Gasteiger partial charge is 0.491 e. The Kier molecular flexibility index (Phi) is 4.71. The number of nitrogens with zero attached hydrogens (tertiary/aromatic N) is 1. The Morgan fingerprint density at radius 1 is 1.35 bits per heavy atom. The standard InChI is InChI=1S/C14H17NO2/c1-10(2)17-14-6-4-12(5-7-14)13(9-15)8-11(3)16/h4-7,10,13H,8H2,1-3H3. The van der Waals surface area contributed by atoms with Crippen LogP contribution in [0.3, 0.4) is 0 Å². The first-order valence-electron chi connectivity index (χ1n) is 5.68. The van der Waals surface area contributed by atoms with Gasteiger partial charge in [0.1, 0.15) is 11.5 Å². The summed E-state index contributed by atoms with van der Waals surface area (Å²) in [6.07, 6.45) is 0.394. The second-order valence-corrected chi connectivity index (χ2v) is 4.32. The fourth-order valence-corrected chi connectivity index (χ4v) is 1.58. The molecule has 0 spiro atoms. The molecule has 1 unspecified atom stereocenters. The van der Waals surface area contributed by atoms with E-state index < -0.39 is 0 Å². The molecule has 0 aromatic heterocycles. The fourth-order valence-electron chi connectivity index (χ4n) is 1.58. The highest BCUT2D eigenvalue weighted by atomic mass is 16.5. The summed E-state index contributed by atoms with van der Waals surface area (Å²) in [6, 6.07) is 9.50. The van der Waals surface area contributed by atoms with E-state index in [-0.39, 0.29) is 24.2 Å². The summed E-state index contributed by atoms with van der Waals surface area (Å²) in [4.78, 5) is 11.0. The van der Waals surface area contributed by atoms with Crippen molar-refractivity contribution in [1.29, 1.82) is 5.26 Å². The zero-order valence-electron chi connectivity index (χ0n) is 10.4. The van der Waals surface area contributed by atoms with Gasteiger partial charge in [-0.05, 0) is 38.5 Å². The van der Waals surface area contributed by atoms with Crippen LogP contribution < -0.4 is 4.74 Å². The van der Waals surface area contributed by atoms with Crippen LogP contribution in [-0.2, 0) is 4.79 Å². The Morgan fingerprint density at radius 2 is 1.94 bits per heavy atom. The van der Waals surface area contributed by atoms with Crippen molar-refractivity contribution in [2.75, 3.05) is 0 Å². The van der Waals surface area contributed by atoms with E-state index in [1.165, 1.54) is 6.92 Å². The van der Waals surface area contributed by atoms with Gasteiger partial charge in [0, 0.05) is 6.42 Å². The third kappa shape index (κ3) is 4.28. The smallest absolute Gasteiger partial charge is 0.131 e. The van der Waals surface area contributed by atoms with Crippen molar-refractivity contribution >= 4 is 5.78 Å². The second-order valence-electron chi connectivity index (χ2n) is 4.32. The lowest BCUT2D eigenvalue weighted by Gasteiger charge is -2.11. The van der Waals surface area contributed by atoms with Crippen molar-refractivity contribution in [3.8, 4) is 11.8 Å². The molecule has 0 N–H and O–H groups in total. The minimum atomic E-state index is -0.361. The van der Waals surface area contributed by atoms with Gasteiger partial charge in [-0.1, -0.05) is 12.1 Å². The van der Waals surface area contributed by atoms with Gasteiger partial charge in [0.15, 0.2) is 0 Å². The number of hydrogen-bond donors (Lipinski definition) is 0. The lowest BCUT2D eigenvalue weighted by molar-refractivity contribution is -0.117. The maximum Gasteiger partial charge on any atom is 0.131 e. The van der Waals surface area contributed by atoms with E-state index in [9.17, 15) is 4.79 Å². The van der Waals surface area contributed by atoms with Crippen molar-refractivity contribution in [1.82, 2.24) is 0 Å². The fraction of sp³-hybridized carbons (Fsp3) is 0.429. The van der Waals surface area contributed by atoms with Gasteiger partial charge in [-0.15, -0.1) is 0 Å². The van der Waals surface area contributed by atoms with Gasteiger partial charge in [-0.2, -0.15) is 5.26 Å². The van der Waals surface area contributed by atoms with Gasteiger partial charge in [0.05, 0.1) is 18.1 Å². The Balaban J connectivity index is 2.78. The van der Waals surface area contributed by atoms with Gasteiger partial charge in [-0.25, -0.2) is 0 Å². The number of benzene rings is 1. The number of hydrogen-bond acceptors (Lipinski definition) is 3. The van der Waals surface area contributed by atoms with Gasteiger partial charge in [0.2, 0.25) is 0 Å². The molecule has 1 aromatic carbocycles. The van der Waals surface area contributed by atoms with Crippen LogP contribution in [0.15, 0.2) is 24.3 Å². The highest BCUT2D eigenvalue weighted by molar-refractivity contribution is 5.77. The predicted molar refractivity (Wildman–Crippen MR) is 65.9 cm³/mol. The third-order valence-corrected chi connectivity index (χ3v) is 2.30. The maximum absolute atomic E-state index is 11.0. The monoisotopic (exact) mass is 231 g/mol. The topological polar surface area (TPSA) is 50.1 Å². The molecule has 0 saturated carbocycles. The molecular weight excluding hydrogens is 214 g/mol. The first-order valence-corrected chi connectivity index (χ1v) is 5.68. The van der Waals surface area contributed by atoms with E-state index in [0.29, 0.717) is 0 Å². The van der Waals surface area contributed by atoms with E-state index >= 15 is 0 Å². The van der Waals surface area contributed by atoms with Crippen LogP contribution in [-0.4, -0.2) is 11.9 Å². The SMILES string of the molecule is CC(=O)CC(C#N)c1ccc(OC(C)C)cc1. The van der Waals surface area contributed by atoms with E-state index in [4.69, 9.17) is 10.00 Å². The Hall–Kier alpha value is -1.82. The van der Waals surface area contributed by atoms with Crippen LogP contribution in [0.5, 0.6) is 5.75 Å². The maximum atomic E-state index is 11.0. The lowest BCUT2D eigenvalue weighted by atomic mass is 9.95. The molecule has 17 heavy (non-hydrogen) atoms. The van der Waals surface area contributed by atoms with Crippen LogP contribution in [0, 0.1) is 11.3 Å². The van der Waals surface area contributed by atoms with E-state index in [1.54, 1.807) is 0 Å². The minimum absolute atomic E-state index is 0.0269. The molecule has 0 aliphatic carbocycles. The van der Waals surface area contributed by atoms with Crippen molar-refractivity contribution in [2.45, 2.75) is 39.2 Å². The van der Waals surface area contributed by atoms with Gasteiger partial charge in [0.25, 0.3) is 0 Å². The summed E-state index contributed by atoms with van der Waals surface area (Å²) in [6.45, 7) is 5.42. The number of carbonyl (C=O) groups is 1. The van der Waals surface area contributed by atoms with Crippen molar-refractivity contribution in [3.63, 3.8) is 0 Å². The molecule has 3 heteroatoms. The quantitative estimate of drug-likeness (QED) is 0.782. The highest BCUT2D eigenvalue weighted by Gasteiger charge is 2.12. The van der Waals surface area contributed by atoms with Crippen molar-refractivity contribution in [2.24, 2.45) is 0 Å². The van der Waals surface area contributed by atoms with Crippen LogP contribution >= 0.6 is 0 Å². The summed E-state index contributed by atoms with van der Waals surface area (Å²) in [5, 5.41) is 9.01. The van der Waals surface area contributed by atoms with Gasteiger partial charge < -0.3 is 4.74 Å². The minimum Gasteiger partial charge on any atom is -0.491 e. The van der Waals surface area contributed by atoms with Crippen molar-refractivity contribution in [3.05, 3.63) is 29.8 Å². The molecular formula is C14H17NO2. The normalized spacial score (nSPS) is 11.9. The predicted octanol–water partition coefficient (Wildman–Crippen LogP) is 3.06. The molecule has 3 nitrogen and oxygen atoms in total. The summed E-state index contributed by atoms with van der Waals surface area (Å²) in [5.74, 6) is 0.447. The molecule has 0 amide bonds.